The van der Waals surface area contributed by atoms with Crippen molar-refractivity contribution in [1.82, 2.24) is 19.9 Å². The van der Waals surface area contributed by atoms with E-state index in [0.29, 0.717) is 5.82 Å². The zero-order valence-corrected chi connectivity index (χ0v) is 8.12. The highest BCUT2D eigenvalue weighted by molar-refractivity contribution is 6.28. The molecule has 0 atom stereocenters. The van der Waals surface area contributed by atoms with E-state index in [1.165, 1.54) is 7.11 Å². The van der Waals surface area contributed by atoms with E-state index in [1.54, 1.807) is 6.20 Å². The standard InChI is InChI=1S/C8H7ClN4O/c1-14-8-12-6(11-7(9)13-8)5-3-2-4-10-5/h2-4,10H,1H3. The molecule has 0 saturated heterocycles. The van der Waals surface area contributed by atoms with Gasteiger partial charge in [0, 0.05) is 6.20 Å². The molecular formula is C8H7ClN4O. The fraction of sp³-hybridized carbons (Fsp3) is 0.125. The Bertz CT molecular complexity index is 429. The van der Waals surface area contributed by atoms with Gasteiger partial charge in [-0.1, -0.05) is 0 Å². The summed E-state index contributed by atoms with van der Waals surface area (Å²) >= 11 is 5.69. The fourth-order valence-corrected chi connectivity index (χ4v) is 1.17. The number of nitrogens with one attached hydrogen (secondary N) is 1. The summed E-state index contributed by atoms with van der Waals surface area (Å²) in [5, 5.41) is 0.112. The Kier molecular flexibility index (Phi) is 2.32. The number of H-pyrrole nitrogens is 1. The number of hydrogen-bond donors (Lipinski definition) is 1. The Morgan fingerprint density at radius 2 is 2.21 bits per heavy atom. The van der Waals surface area contributed by atoms with Crippen molar-refractivity contribution in [2.75, 3.05) is 7.11 Å². The lowest BCUT2D eigenvalue weighted by Crippen LogP contribution is -1.97. The second-order valence-corrected chi connectivity index (χ2v) is 2.84. The predicted molar refractivity (Wildman–Crippen MR) is 51.2 cm³/mol. The lowest BCUT2D eigenvalue weighted by molar-refractivity contribution is 0.378. The Morgan fingerprint density at radius 1 is 1.36 bits per heavy atom. The molecule has 0 fully saturated rings. The molecule has 1 N–H and O–H groups in total. The number of aromatic amines is 1. The van der Waals surface area contributed by atoms with Gasteiger partial charge in [-0.15, -0.1) is 0 Å². The Morgan fingerprint density at radius 3 is 2.86 bits per heavy atom. The first-order chi connectivity index (χ1) is 6.79. The van der Waals surface area contributed by atoms with Crippen LogP contribution in [0, 0.1) is 0 Å². The number of hydrogen-bond acceptors (Lipinski definition) is 4. The minimum absolute atomic E-state index is 0.112. The Labute approximate surface area is 85.1 Å². The molecular weight excluding hydrogens is 204 g/mol. The highest BCUT2D eigenvalue weighted by atomic mass is 35.5. The second-order valence-electron chi connectivity index (χ2n) is 2.50. The minimum Gasteiger partial charge on any atom is -0.467 e. The van der Waals surface area contributed by atoms with E-state index in [0.717, 1.165) is 5.69 Å². The first-order valence-corrected chi connectivity index (χ1v) is 4.26. The summed E-state index contributed by atoms with van der Waals surface area (Å²) in [5.41, 5.74) is 0.771. The molecule has 0 spiro atoms. The van der Waals surface area contributed by atoms with Crippen LogP contribution >= 0.6 is 11.6 Å². The molecule has 0 unspecified atom stereocenters. The van der Waals surface area contributed by atoms with Crippen LogP contribution in [0.25, 0.3) is 11.5 Å². The molecule has 2 rings (SSSR count). The van der Waals surface area contributed by atoms with Crippen molar-refractivity contribution < 1.29 is 4.74 Å². The van der Waals surface area contributed by atoms with Gasteiger partial charge in [0.1, 0.15) is 0 Å². The van der Waals surface area contributed by atoms with Crippen molar-refractivity contribution in [3.05, 3.63) is 23.6 Å². The van der Waals surface area contributed by atoms with Crippen molar-refractivity contribution in [1.29, 1.82) is 0 Å². The molecule has 0 aromatic carbocycles. The van der Waals surface area contributed by atoms with Gasteiger partial charge in [0.2, 0.25) is 5.28 Å². The van der Waals surface area contributed by atoms with Crippen LogP contribution in [0.1, 0.15) is 0 Å². The summed E-state index contributed by atoms with van der Waals surface area (Å²) < 4.78 is 4.87. The first kappa shape index (κ1) is 8.96. The van der Waals surface area contributed by atoms with Crippen LogP contribution in [0.15, 0.2) is 18.3 Å². The monoisotopic (exact) mass is 210 g/mol. The zero-order chi connectivity index (χ0) is 9.97. The van der Waals surface area contributed by atoms with Crippen molar-refractivity contribution in [3.63, 3.8) is 0 Å². The van der Waals surface area contributed by atoms with Crippen LogP contribution in [0.3, 0.4) is 0 Å². The summed E-state index contributed by atoms with van der Waals surface area (Å²) in [4.78, 5) is 14.7. The van der Waals surface area contributed by atoms with Crippen LogP contribution in [-0.4, -0.2) is 27.0 Å². The summed E-state index contributed by atoms with van der Waals surface area (Å²) in [7, 11) is 1.48. The predicted octanol–water partition coefficient (Wildman–Crippen LogP) is 1.53. The summed E-state index contributed by atoms with van der Waals surface area (Å²) in [6, 6.07) is 3.89. The molecule has 0 aliphatic heterocycles. The van der Waals surface area contributed by atoms with Crippen molar-refractivity contribution in [2.45, 2.75) is 0 Å². The van der Waals surface area contributed by atoms with Crippen LogP contribution in [-0.2, 0) is 0 Å². The molecule has 2 aromatic heterocycles. The number of nitrogens with zero attached hydrogens (tertiary/aromatic N) is 3. The second kappa shape index (κ2) is 3.63. The van der Waals surface area contributed by atoms with E-state index in [2.05, 4.69) is 19.9 Å². The number of ether oxygens (including phenoxy) is 1. The van der Waals surface area contributed by atoms with Crippen LogP contribution in [0.2, 0.25) is 5.28 Å². The maximum Gasteiger partial charge on any atom is 0.321 e. The van der Waals surface area contributed by atoms with E-state index in [9.17, 15) is 0 Å². The molecule has 0 bridgehead atoms. The average molecular weight is 211 g/mol. The van der Waals surface area contributed by atoms with Crippen LogP contribution in [0.5, 0.6) is 6.01 Å². The first-order valence-electron chi connectivity index (χ1n) is 3.89. The van der Waals surface area contributed by atoms with Gasteiger partial charge in [-0.05, 0) is 23.7 Å². The fourth-order valence-electron chi connectivity index (χ4n) is 1.01. The Hall–Kier alpha value is -1.62. The van der Waals surface area contributed by atoms with Crippen LogP contribution in [0.4, 0.5) is 0 Å². The van der Waals surface area contributed by atoms with Gasteiger partial charge in [0.25, 0.3) is 0 Å². The van der Waals surface area contributed by atoms with Crippen LogP contribution < -0.4 is 4.74 Å². The molecule has 2 heterocycles. The minimum atomic E-state index is 0.112. The quantitative estimate of drug-likeness (QED) is 0.817. The van der Waals surface area contributed by atoms with Crippen molar-refractivity contribution in [3.8, 4) is 17.5 Å². The average Bonchev–Trinajstić information content (AvgIpc) is 2.69. The molecule has 6 heteroatoms. The van der Waals surface area contributed by atoms with Crippen molar-refractivity contribution >= 4 is 11.6 Å². The molecule has 2 aromatic rings. The lowest BCUT2D eigenvalue weighted by Gasteiger charge is -2.00. The maximum absolute atomic E-state index is 5.69. The van der Waals surface area contributed by atoms with E-state index in [-0.39, 0.29) is 11.3 Å². The van der Waals surface area contributed by atoms with Gasteiger partial charge in [-0.2, -0.15) is 15.0 Å². The lowest BCUT2D eigenvalue weighted by atomic mass is 10.4. The normalized spacial score (nSPS) is 10.1. The molecule has 0 saturated carbocycles. The third-order valence-electron chi connectivity index (χ3n) is 1.61. The summed E-state index contributed by atoms with van der Waals surface area (Å²) in [6.07, 6.45) is 1.78. The van der Waals surface area contributed by atoms with E-state index in [1.807, 2.05) is 12.1 Å². The van der Waals surface area contributed by atoms with Gasteiger partial charge in [0.15, 0.2) is 5.82 Å². The largest absolute Gasteiger partial charge is 0.467 e. The molecule has 5 nitrogen and oxygen atoms in total. The smallest absolute Gasteiger partial charge is 0.321 e. The number of rotatable bonds is 2. The third kappa shape index (κ3) is 1.67. The van der Waals surface area contributed by atoms with E-state index < -0.39 is 0 Å². The molecule has 14 heavy (non-hydrogen) atoms. The zero-order valence-electron chi connectivity index (χ0n) is 7.36. The molecule has 0 aliphatic rings. The highest BCUT2D eigenvalue weighted by Crippen LogP contribution is 2.16. The summed E-state index contributed by atoms with van der Waals surface area (Å²) in [5.74, 6) is 0.465. The number of methoxy groups -OCH3 is 1. The van der Waals surface area contributed by atoms with Gasteiger partial charge in [-0.3, -0.25) is 0 Å². The number of halogens is 1. The van der Waals surface area contributed by atoms with Gasteiger partial charge >= 0.3 is 6.01 Å². The molecule has 0 amide bonds. The van der Waals surface area contributed by atoms with Gasteiger partial charge in [0.05, 0.1) is 12.8 Å². The maximum atomic E-state index is 5.69. The number of aromatic nitrogens is 4. The van der Waals surface area contributed by atoms with Crippen molar-refractivity contribution in [2.24, 2.45) is 0 Å². The molecule has 0 aliphatic carbocycles. The van der Waals surface area contributed by atoms with E-state index >= 15 is 0 Å². The highest BCUT2D eigenvalue weighted by Gasteiger charge is 2.07. The molecule has 72 valence electrons. The summed E-state index contributed by atoms with van der Waals surface area (Å²) in [6.45, 7) is 0. The van der Waals surface area contributed by atoms with Gasteiger partial charge in [-0.25, -0.2) is 0 Å². The van der Waals surface area contributed by atoms with E-state index in [4.69, 9.17) is 16.3 Å². The third-order valence-corrected chi connectivity index (χ3v) is 1.78. The topological polar surface area (TPSA) is 63.7 Å². The van der Waals surface area contributed by atoms with Gasteiger partial charge < -0.3 is 9.72 Å². The Balaban J connectivity index is 2.48. The molecule has 0 radical (unpaired) electrons. The SMILES string of the molecule is COc1nc(Cl)nc(-c2ccc[nH]2)n1.